The average Bonchev–Trinajstić information content (AvgIpc) is 3.20. The predicted octanol–water partition coefficient (Wildman–Crippen LogP) is 2.72. The number of nitrogens with zero attached hydrogens (tertiary/aromatic N) is 1. The van der Waals surface area contributed by atoms with E-state index in [-0.39, 0.29) is 35.4 Å². The molecule has 2 amide bonds. The van der Waals surface area contributed by atoms with Crippen LogP contribution in [0.5, 0.6) is 0 Å². The number of fused-ring (bicyclic) bond motifs is 1. The van der Waals surface area contributed by atoms with Gasteiger partial charge in [0.05, 0.1) is 17.7 Å². The molecule has 186 valence electrons. The molecule has 1 aromatic carbocycles. The molecule has 0 aliphatic heterocycles. The zero-order valence-electron chi connectivity index (χ0n) is 20.5. The fraction of sp³-hybridized carbons (Fsp3) is 0.654. The van der Waals surface area contributed by atoms with E-state index in [0.717, 1.165) is 36.0 Å². The molecule has 34 heavy (non-hydrogen) atoms. The molecular weight excluding hydrogens is 450 g/mol. The van der Waals surface area contributed by atoms with Crippen molar-refractivity contribution in [2.24, 2.45) is 17.8 Å². The Kier molecular flexibility index (Phi) is 8.75. The smallest absolute Gasteiger partial charge is 0.226 e. The Labute approximate surface area is 203 Å². The van der Waals surface area contributed by atoms with Gasteiger partial charge in [-0.2, -0.15) is 5.26 Å². The highest BCUT2D eigenvalue weighted by atomic mass is 32.2. The molecule has 4 atom stereocenters. The summed E-state index contributed by atoms with van der Waals surface area (Å²) in [7, 11) is -3.02. The maximum Gasteiger partial charge on any atom is 0.226 e. The van der Waals surface area contributed by atoms with Crippen LogP contribution >= 0.6 is 0 Å². The van der Waals surface area contributed by atoms with Crippen LogP contribution in [0.3, 0.4) is 0 Å². The minimum atomic E-state index is -3.02. The zero-order chi connectivity index (χ0) is 24.9. The second-order valence-electron chi connectivity index (χ2n) is 10.4. The summed E-state index contributed by atoms with van der Waals surface area (Å²) >= 11 is 0. The predicted molar refractivity (Wildman–Crippen MR) is 132 cm³/mol. The van der Waals surface area contributed by atoms with E-state index in [1.165, 1.54) is 6.26 Å². The second kappa shape index (κ2) is 11.4. The lowest BCUT2D eigenvalue weighted by atomic mass is 9.83. The Balaban J connectivity index is 1.59. The number of hydrogen-bond donors (Lipinski definition) is 2. The minimum Gasteiger partial charge on any atom is -0.352 e. The molecule has 2 aliphatic rings. The first kappa shape index (κ1) is 26.2. The van der Waals surface area contributed by atoms with E-state index in [9.17, 15) is 23.3 Å². The summed E-state index contributed by atoms with van der Waals surface area (Å²) < 4.78 is 22.9. The Bertz CT molecular complexity index is 1040. The van der Waals surface area contributed by atoms with Crippen molar-refractivity contribution in [2.75, 3.05) is 12.0 Å². The first-order valence-corrected chi connectivity index (χ1v) is 14.4. The van der Waals surface area contributed by atoms with Gasteiger partial charge in [-0.3, -0.25) is 9.59 Å². The monoisotopic (exact) mass is 487 g/mol. The summed E-state index contributed by atoms with van der Waals surface area (Å²) in [4.78, 5) is 26.1. The quantitative estimate of drug-likeness (QED) is 0.556. The van der Waals surface area contributed by atoms with Crippen molar-refractivity contribution in [1.82, 2.24) is 10.6 Å². The highest BCUT2D eigenvalue weighted by Gasteiger charge is 2.35. The number of benzene rings is 1. The number of aryl methyl sites for hydroxylation is 1. The molecule has 0 saturated heterocycles. The van der Waals surface area contributed by atoms with Gasteiger partial charge < -0.3 is 10.6 Å². The third-order valence-electron chi connectivity index (χ3n) is 6.95. The number of carbonyl (C=O) groups excluding carboxylic acids is 2. The summed E-state index contributed by atoms with van der Waals surface area (Å²) in [5.74, 6) is -0.238. The summed E-state index contributed by atoms with van der Waals surface area (Å²) in [5, 5.41) is 15.4. The molecule has 1 fully saturated rings. The molecule has 1 saturated carbocycles. The summed E-state index contributed by atoms with van der Waals surface area (Å²) in [6.45, 7) is 4.04. The summed E-state index contributed by atoms with van der Waals surface area (Å²) in [6.07, 6.45) is 7.00. The van der Waals surface area contributed by atoms with Gasteiger partial charge in [0.2, 0.25) is 11.8 Å². The normalized spacial score (nSPS) is 23.1. The SMILES string of the molecule is CC(C)C[C@@H](C#N)NC(=O)[C@@H]1CCCC[C@@H]1NC(=O)C1Cc2ccc(CCS(C)(=O)=O)cc2C1. The van der Waals surface area contributed by atoms with E-state index in [2.05, 4.69) is 16.7 Å². The molecule has 3 rings (SSSR count). The van der Waals surface area contributed by atoms with Crippen LogP contribution in [-0.2, 0) is 38.7 Å². The maximum atomic E-state index is 13.1. The lowest BCUT2D eigenvalue weighted by molar-refractivity contribution is -0.130. The summed E-state index contributed by atoms with van der Waals surface area (Å²) in [6, 6.07) is 7.45. The van der Waals surface area contributed by atoms with Crippen molar-refractivity contribution in [3.8, 4) is 6.07 Å². The molecule has 1 unspecified atom stereocenters. The molecule has 0 spiro atoms. The Morgan fingerprint density at radius 3 is 2.50 bits per heavy atom. The molecule has 2 aliphatic carbocycles. The minimum absolute atomic E-state index is 0.0300. The second-order valence-corrected chi connectivity index (χ2v) is 12.7. The van der Waals surface area contributed by atoms with E-state index in [1.54, 1.807) is 0 Å². The standard InChI is InChI=1S/C26H37N3O4S/c1-17(2)12-22(16-27)28-26(31)23-6-4-5-7-24(23)29-25(30)21-14-19-9-8-18(13-20(19)15-21)10-11-34(3,32)33/h8-9,13,17,21-24H,4-7,10-12,14-15H2,1-3H3,(H,28,31)(H,29,30)/t21?,22-,23+,24-/m0/s1. The fourth-order valence-electron chi connectivity index (χ4n) is 5.13. The fourth-order valence-corrected chi connectivity index (χ4v) is 5.73. The Hall–Kier alpha value is -2.40. The third-order valence-corrected chi connectivity index (χ3v) is 7.89. The van der Waals surface area contributed by atoms with E-state index < -0.39 is 15.9 Å². The topological polar surface area (TPSA) is 116 Å². The molecule has 0 heterocycles. The zero-order valence-corrected chi connectivity index (χ0v) is 21.3. The number of carbonyl (C=O) groups is 2. The number of sulfone groups is 1. The molecule has 8 heteroatoms. The molecule has 1 aromatic rings. The highest BCUT2D eigenvalue weighted by molar-refractivity contribution is 7.90. The molecule has 0 radical (unpaired) electrons. The van der Waals surface area contributed by atoms with Crippen LogP contribution in [0.25, 0.3) is 0 Å². The van der Waals surface area contributed by atoms with Crippen molar-refractivity contribution in [3.05, 3.63) is 34.9 Å². The van der Waals surface area contributed by atoms with E-state index in [1.807, 2.05) is 32.0 Å². The van der Waals surface area contributed by atoms with E-state index in [0.29, 0.717) is 38.0 Å². The van der Waals surface area contributed by atoms with Gasteiger partial charge in [-0.05, 0) is 61.1 Å². The third kappa shape index (κ3) is 7.30. The lowest BCUT2D eigenvalue weighted by Crippen LogP contribution is -2.51. The van der Waals surface area contributed by atoms with Crippen LogP contribution in [0.2, 0.25) is 0 Å². The Morgan fingerprint density at radius 2 is 1.82 bits per heavy atom. The highest BCUT2D eigenvalue weighted by Crippen LogP contribution is 2.30. The van der Waals surface area contributed by atoms with Gasteiger partial charge in [0.25, 0.3) is 0 Å². The van der Waals surface area contributed by atoms with E-state index in [4.69, 9.17) is 0 Å². The summed E-state index contributed by atoms with van der Waals surface area (Å²) in [5.41, 5.74) is 3.21. The van der Waals surface area contributed by atoms with Gasteiger partial charge in [0.1, 0.15) is 15.9 Å². The van der Waals surface area contributed by atoms with Crippen LogP contribution < -0.4 is 10.6 Å². The number of rotatable bonds is 9. The van der Waals surface area contributed by atoms with Crippen molar-refractivity contribution in [1.29, 1.82) is 5.26 Å². The molecule has 0 aromatic heterocycles. The van der Waals surface area contributed by atoms with Crippen molar-refractivity contribution in [2.45, 2.75) is 77.3 Å². The largest absolute Gasteiger partial charge is 0.352 e. The van der Waals surface area contributed by atoms with Crippen LogP contribution in [0.15, 0.2) is 18.2 Å². The number of nitrogens with one attached hydrogen (secondary N) is 2. The maximum absolute atomic E-state index is 13.1. The average molecular weight is 488 g/mol. The number of nitriles is 1. The van der Waals surface area contributed by atoms with Gasteiger partial charge in [-0.1, -0.05) is 44.9 Å². The van der Waals surface area contributed by atoms with Crippen molar-refractivity contribution < 1.29 is 18.0 Å². The van der Waals surface area contributed by atoms with Crippen LogP contribution in [0.4, 0.5) is 0 Å². The first-order chi connectivity index (χ1) is 16.1. The molecule has 0 bridgehead atoms. The van der Waals surface area contributed by atoms with E-state index >= 15 is 0 Å². The molecule has 7 nitrogen and oxygen atoms in total. The lowest BCUT2D eigenvalue weighted by Gasteiger charge is -2.32. The van der Waals surface area contributed by atoms with Crippen LogP contribution in [0.1, 0.15) is 62.6 Å². The number of amides is 2. The van der Waals surface area contributed by atoms with Gasteiger partial charge in [-0.15, -0.1) is 0 Å². The molecular formula is C26H37N3O4S. The van der Waals surface area contributed by atoms with Crippen molar-refractivity contribution >= 4 is 21.7 Å². The van der Waals surface area contributed by atoms with Gasteiger partial charge in [-0.25, -0.2) is 8.42 Å². The Morgan fingerprint density at radius 1 is 1.12 bits per heavy atom. The number of hydrogen-bond acceptors (Lipinski definition) is 5. The van der Waals surface area contributed by atoms with Crippen LogP contribution in [-0.4, -0.2) is 44.3 Å². The van der Waals surface area contributed by atoms with Crippen LogP contribution in [0, 0.1) is 29.1 Å². The van der Waals surface area contributed by atoms with Gasteiger partial charge in [0.15, 0.2) is 0 Å². The van der Waals surface area contributed by atoms with Crippen molar-refractivity contribution in [3.63, 3.8) is 0 Å². The first-order valence-electron chi connectivity index (χ1n) is 12.3. The molecule has 2 N–H and O–H groups in total. The van der Waals surface area contributed by atoms with Gasteiger partial charge in [0, 0.05) is 18.2 Å². The van der Waals surface area contributed by atoms with Gasteiger partial charge >= 0.3 is 0 Å².